The quantitative estimate of drug-likeness (QED) is 0.712. The van der Waals surface area contributed by atoms with Gasteiger partial charge in [-0.15, -0.1) is 0 Å². The van der Waals surface area contributed by atoms with Gasteiger partial charge in [-0.25, -0.2) is 22.3 Å². The largest absolute Gasteiger partial charge is 0.408 e. The minimum atomic E-state index is -4.93. The average molecular weight is 374 g/mol. The van der Waals surface area contributed by atoms with Crippen LogP contribution < -0.4 is 4.72 Å². The van der Waals surface area contributed by atoms with E-state index in [-0.39, 0.29) is 5.65 Å². The van der Waals surface area contributed by atoms with Gasteiger partial charge in [0.05, 0.1) is 0 Å². The Morgan fingerprint density at radius 1 is 1.16 bits per heavy atom. The van der Waals surface area contributed by atoms with Crippen LogP contribution in [0.3, 0.4) is 0 Å². The first-order valence-electron chi connectivity index (χ1n) is 6.82. The molecule has 3 rings (SSSR count). The zero-order valence-electron chi connectivity index (χ0n) is 12.3. The van der Waals surface area contributed by atoms with Crippen molar-refractivity contribution < 1.29 is 26.0 Å². The van der Waals surface area contributed by atoms with Crippen LogP contribution >= 0.6 is 0 Å². The number of nitrogens with zero attached hydrogens (tertiary/aromatic N) is 3. The third-order valence-electron chi connectivity index (χ3n) is 3.29. The van der Waals surface area contributed by atoms with E-state index in [9.17, 15) is 26.0 Å². The van der Waals surface area contributed by atoms with Gasteiger partial charge in [0.1, 0.15) is 11.9 Å². The molecule has 1 aromatic carbocycles. The summed E-state index contributed by atoms with van der Waals surface area (Å²) in [5, 5.41) is 3.09. The highest BCUT2D eigenvalue weighted by Gasteiger charge is 2.44. The van der Waals surface area contributed by atoms with Crippen molar-refractivity contribution >= 4 is 15.7 Å². The van der Waals surface area contributed by atoms with E-state index in [1.807, 2.05) is 0 Å². The van der Waals surface area contributed by atoms with Crippen molar-refractivity contribution in [3.8, 4) is 0 Å². The van der Waals surface area contributed by atoms with E-state index in [1.54, 1.807) is 4.72 Å². The molecular formula is C14H10F4N4O2S. The Kier molecular flexibility index (Phi) is 4.21. The number of nitrogens with one attached hydrogen (secondary N) is 1. The van der Waals surface area contributed by atoms with Crippen LogP contribution in [0.1, 0.15) is 11.6 Å². The molecule has 0 bridgehead atoms. The molecule has 0 saturated heterocycles. The van der Waals surface area contributed by atoms with Gasteiger partial charge in [0.25, 0.3) is 10.0 Å². The molecule has 0 saturated carbocycles. The Balaban J connectivity index is 1.99. The second kappa shape index (κ2) is 6.08. The Hall–Kier alpha value is -2.53. The SMILES string of the molecule is O=S(=O)(N[C@H](c1ccc(F)cc1)C(F)(F)F)c1cc2ncccn2n1. The van der Waals surface area contributed by atoms with E-state index in [1.165, 1.54) is 18.5 Å². The van der Waals surface area contributed by atoms with E-state index in [0.29, 0.717) is 0 Å². The van der Waals surface area contributed by atoms with Crippen LogP contribution in [0.4, 0.5) is 17.6 Å². The lowest BCUT2D eigenvalue weighted by molar-refractivity contribution is -0.153. The second-order valence-electron chi connectivity index (χ2n) is 5.05. The lowest BCUT2D eigenvalue weighted by Gasteiger charge is -2.21. The summed E-state index contributed by atoms with van der Waals surface area (Å²) < 4.78 is 80.1. The molecule has 11 heteroatoms. The highest BCUT2D eigenvalue weighted by molar-refractivity contribution is 7.89. The van der Waals surface area contributed by atoms with Gasteiger partial charge in [-0.2, -0.15) is 23.0 Å². The first-order chi connectivity index (χ1) is 11.7. The zero-order chi connectivity index (χ0) is 18.2. The van der Waals surface area contributed by atoms with Crippen molar-refractivity contribution in [3.63, 3.8) is 0 Å². The molecule has 132 valence electrons. The summed E-state index contributed by atoms with van der Waals surface area (Å²) in [6, 6.07) is 3.34. The monoisotopic (exact) mass is 374 g/mol. The molecule has 0 radical (unpaired) electrons. The Morgan fingerprint density at radius 3 is 2.44 bits per heavy atom. The smallest absolute Gasteiger partial charge is 0.237 e. The molecule has 2 heterocycles. The van der Waals surface area contributed by atoms with Gasteiger partial charge < -0.3 is 0 Å². The predicted octanol–water partition coefficient (Wildman–Crippen LogP) is 2.45. The number of rotatable bonds is 4. The third kappa shape index (κ3) is 3.61. The number of hydrogen-bond donors (Lipinski definition) is 1. The molecule has 0 aliphatic heterocycles. The highest BCUT2D eigenvalue weighted by Crippen LogP contribution is 2.34. The fourth-order valence-electron chi connectivity index (χ4n) is 2.13. The minimum Gasteiger partial charge on any atom is -0.237 e. The molecule has 1 N–H and O–H groups in total. The standard InChI is InChI=1S/C14H10F4N4O2S/c15-10-4-2-9(3-5-10)13(14(16,17)18)21-25(23,24)12-8-11-19-6-1-7-22(11)20-12/h1-8,13,21H/t13-/m1/s1. The van der Waals surface area contributed by atoms with Crippen molar-refractivity contribution in [1.82, 2.24) is 19.3 Å². The van der Waals surface area contributed by atoms with Crippen molar-refractivity contribution in [1.29, 1.82) is 0 Å². The van der Waals surface area contributed by atoms with Crippen LogP contribution in [0.2, 0.25) is 0 Å². The van der Waals surface area contributed by atoms with Crippen LogP contribution in [0, 0.1) is 5.82 Å². The predicted molar refractivity (Wildman–Crippen MR) is 78.5 cm³/mol. The van der Waals surface area contributed by atoms with Gasteiger partial charge in [0, 0.05) is 18.5 Å². The number of hydrogen-bond acceptors (Lipinski definition) is 4. The third-order valence-corrected chi connectivity index (χ3v) is 4.59. The topological polar surface area (TPSA) is 76.4 Å². The fraction of sp³-hybridized carbons (Fsp3) is 0.143. The van der Waals surface area contributed by atoms with Crippen LogP contribution in [0.5, 0.6) is 0 Å². The molecular weight excluding hydrogens is 364 g/mol. The first kappa shape index (κ1) is 17.3. The van der Waals surface area contributed by atoms with E-state index in [4.69, 9.17) is 0 Å². The van der Waals surface area contributed by atoms with E-state index in [0.717, 1.165) is 34.8 Å². The summed E-state index contributed by atoms with van der Waals surface area (Å²) in [4.78, 5) is 3.86. The highest BCUT2D eigenvalue weighted by atomic mass is 32.2. The van der Waals surface area contributed by atoms with Gasteiger partial charge in [-0.05, 0) is 23.8 Å². The normalized spacial score (nSPS) is 13.9. The summed E-state index contributed by atoms with van der Waals surface area (Å²) in [5.74, 6) is -0.737. The molecule has 0 unspecified atom stereocenters. The van der Waals surface area contributed by atoms with Gasteiger partial charge in [-0.1, -0.05) is 12.1 Å². The first-order valence-corrected chi connectivity index (χ1v) is 8.30. The lowest BCUT2D eigenvalue weighted by Crippen LogP contribution is -2.38. The summed E-state index contributed by atoms with van der Waals surface area (Å²) in [6.07, 6.45) is -2.14. The summed E-state index contributed by atoms with van der Waals surface area (Å²) in [6.45, 7) is 0. The number of halogens is 4. The molecule has 3 aromatic rings. The van der Waals surface area contributed by atoms with E-state index < -0.39 is 38.6 Å². The molecule has 6 nitrogen and oxygen atoms in total. The number of benzene rings is 1. The molecule has 0 aliphatic carbocycles. The molecule has 0 amide bonds. The van der Waals surface area contributed by atoms with Crippen molar-refractivity contribution in [3.05, 3.63) is 60.2 Å². The number of fused-ring (bicyclic) bond motifs is 1. The number of alkyl halides is 3. The number of aromatic nitrogens is 3. The minimum absolute atomic E-state index is 0.160. The molecule has 1 atom stereocenters. The second-order valence-corrected chi connectivity index (χ2v) is 6.71. The van der Waals surface area contributed by atoms with Crippen molar-refractivity contribution in [2.45, 2.75) is 17.2 Å². The van der Waals surface area contributed by atoms with Gasteiger partial charge in [0.2, 0.25) is 0 Å². The molecule has 0 fully saturated rings. The van der Waals surface area contributed by atoms with Gasteiger partial charge >= 0.3 is 6.18 Å². The van der Waals surface area contributed by atoms with Crippen LogP contribution in [-0.4, -0.2) is 29.2 Å². The maximum atomic E-state index is 13.3. The fourth-order valence-corrected chi connectivity index (χ4v) is 3.29. The Bertz CT molecular complexity index is 967. The van der Waals surface area contributed by atoms with Crippen molar-refractivity contribution in [2.75, 3.05) is 0 Å². The molecule has 25 heavy (non-hydrogen) atoms. The van der Waals surface area contributed by atoms with Gasteiger partial charge in [0.15, 0.2) is 10.7 Å². The zero-order valence-corrected chi connectivity index (χ0v) is 13.1. The summed E-state index contributed by atoms with van der Waals surface area (Å²) in [5.41, 5.74) is -0.285. The van der Waals surface area contributed by atoms with Crippen molar-refractivity contribution in [2.24, 2.45) is 0 Å². The maximum absolute atomic E-state index is 13.3. The molecule has 0 spiro atoms. The molecule has 0 aliphatic rings. The molecule has 2 aromatic heterocycles. The summed E-state index contributed by atoms with van der Waals surface area (Å²) >= 11 is 0. The van der Waals surface area contributed by atoms with Crippen LogP contribution in [-0.2, 0) is 10.0 Å². The summed E-state index contributed by atoms with van der Waals surface area (Å²) in [7, 11) is -4.60. The Labute approximate surface area is 139 Å². The number of sulfonamides is 1. The van der Waals surface area contributed by atoms with Gasteiger partial charge in [-0.3, -0.25) is 0 Å². The van der Waals surface area contributed by atoms with Crippen LogP contribution in [0.15, 0.2) is 53.8 Å². The van der Waals surface area contributed by atoms with E-state index in [2.05, 4.69) is 10.1 Å². The van der Waals surface area contributed by atoms with E-state index >= 15 is 0 Å². The maximum Gasteiger partial charge on any atom is 0.408 e. The average Bonchev–Trinajstić information content (AvgIpc) is 2.98. The Morgan fingerprint density at radius 2 is 1.84 bits per heavy atom. The van der Waals surface area contributed by atoms with Crippen LogP contribution in [0.25, 0.3) is 5.65 Å². The lowest BCUT2D eigenvalue weighted by atomic mass is 10.1.